The van der Waals surface area contributed by atoms with Crippen molar-refractivity contribution in [2.75, 3.05) is 7.11 Å². The lowest BCUT2D eigenvalue weighted by Gasteiger charge is -2.14. The van der Waals surface area contributed by atoms with Crippen molar-refractivity contribution in [1.29, 1.82) is 0 Å². The Morgan fingerprint density at radius 3 is 2.37 bits per heavy atom. The number of nitrogens with one attached hydrogen (secondary N) is 1. The van der Waals surface area contributed by atoms with E-state index in [1.54, 1.807) is 31.4 Å². The molecule has 0 bridgehead atoms. The van der Waals surface area contributed by atoms with E-state index in [4.69, 9.17) is 4.74 Å². The van der Waals surface area contributed by atoms with Crippen molar-refractivity contribution >= 4 is 10.0 Å². The van der Waals surface area contributed by atoms with Crippen molar-refractivity contribution in [3.05, 3.63) is 24.3 Å². The first-order chi connectivity index (χ1) is 8.99. The van der Waals surface area contributed by atoms with E-state index in [0.717, 1.165) is 25.7 Å². The maximum Gasteiger partial charge on any atom is 0.240 e. The third-order valence-corrected chi connectivity index (χ3v) is 4.57. The van der Waals surface area contributed by atoms with Crippen molar-refractivity contribution in [3.63, 3.8) is 0 Å². The number of benzene rings is 1. The molecule has 0 aliphatic carbocycles. The summed E-state index contributed by atoms with van der Waals surface area (Å²) in [5.74, 6) is 0.648. The summed E-state index contributed by atoms with van der Waals surface area (Å²) in [5.41, 5.74) is 0. The summed E-state index contributed by atoms with van der Waals surface area (Å²) in [5, 5.41) is 0. The molecule has 108 valence electrons. The molecule has 0 spiro atoms. The number of rotatable bonds is 8. The Morgan fingerprint density at radius 2 is 1.84 bits per heavy atom. The summed E-state index contributed by atoms with van der Waals surface area (Å²) in [6, 6.07) is 6.37. The first-order valence-electron chi connectivity index (χ1n) is 6.66. The highest BCUT2D eigenvalue weighted by atomic mass is 32.2. The van der Waals surface area contributed by atoms with E-state index in [2.05, 4.69) is 11.6 Å². The zero-order valence-electron chi connectivity index (χ0n) is 11.8. The molecule has 5 heteroatoms. The zero-order valence-corrected chi connectivity index (χ0v) is 12.7. The van der Waals surface area contributed by atoms with Crippen LogP contribution in [0.4, 0.5) is 0 Å². The maximum atomic E-state index is 12.1. The van der Waals surface area contributed by atoms with Crippen LogP contribution in [0.3, 0.4) is 0 Å². The lowest BCUT2D eigenvalue weighted by atomic mass is 10.1. The Kier molecular flexibility index (Phi) is 6.31. The molecule has 1 rings (SSSR count). The second-order valence-corrected chi connectivity index (χ2v) is 6.41. The van der Waals surface area contributed by atoms with Crippen LogP contribution in [-0.4, -0.2) is 21.6 Å². The van der Waals surface area contributed by atoms with Crippen LogP contribution >= 0.6 is 0 Å². The molecule has 0 saturated heterocycles. The van der Waals surface area contributed by atoms with E-state index in [0.29, 0.717) is 5.75 Å². The van der Waals surface area contributed by atoms with E-state index in [1.165, 1.54) is 0 Å². The molecule has 1 unspecified atom stereocenters. The quantitative estimate of drug-likeness (QED) is 0.747. The highest BCUT2D eigenvalue weighted by molar-refractivity contribution is 7.89. The van der Waals surface area contributed by atoms with Crippen LogP contribution in [0.15, 0.2) is 29.2 Å². The average Bonchev–Trinajstić information content (AvgIpc) is 2.38. The molecule has 1 aromatic carbocycles. The Balaban J connectivity index is 2.63. The van der Waals surface area contributed by atoms with Gasteiger partial charge in [-0.1, -0.05) is 26.2 Å². The number of unbranched alkanes of at least 4 members (excludes halogenated alkanes) is 2. The first-order valence-corrected chi connectivity index (χ1v) is 8.14. The van der Waals surface area contributed by atoms with Gasteiger partial charge in [0.25, 0.3) is 0 Å². The largest absolute Gasteiger partial charge is 0.497 e. The van der Waals surface area contributed by atoms with Crippen LogP contribution in [0, 0.1) is 0 Å². The molecule has 0 heterocycles. The van der Waals surface area contributed by atoms with Gasteiger partial charge in [0.15, 0.2) is 0 Å². The van der Waals surface area contributed by atoms with Gasteiger partial charge in [-0.3, -0.25) is 0 Å². The molecule has 1 N–H and O–H groups in total. The molecule has 1 atom stereocenters. The molecule has 0 aromatic heterocycles. The fourth-order valence-electron chi connectivity index (χ4n) is 1.85. The van der Waals surface area contributed by atoms with Crippen LogP contribution in [-0.2, 0) is 10.0 Å². The van der Waals surface area contributed by atoms with Gasteiger partial charge in [0.05, 0.1) is 12.0 Å². The summed E-state index contributed by atoms with van der Waals surface area (Å²) >= 11 is 0. The minimum atomic E-state index is -3.43. The highest BCUT2D eigenvalue weighted by Crippen LogP contribution is 2.16. The van der Waals surface area contributed by atoms with Crippen molar-refractivity contribution in [1.82, 2.24) is 4.72 Å². The van der Waals surface area contributed by atoms with Crippen LogP contribution in [0.25, 0.3) is 0 Å². The van der Waals surface area contributed by atoms with Crippen molar-refractivity contribution in [2.24, 2.45) is 0 Å². The summed E-state index contributed by atoms with van der Waals surface area (Å²) in [4.78, 5) is 0.274. The monoisotopic (exact) mass is 285 g/mol. The SMILES string of the molecule is CCCCCC(C)NS(=O)(=O)c1ccc(OC)cc1. The van der Waals surface area contributed by atoms with Crippen molar-refractivity contribution < 1.29 is 13.2 Å². The van der Waals surface area contributed by atoms with E-state index in [-0.39, 0.29) is 10.9 Å². The van der Waals surface area contributed by atoms with Gasteiger partial charge in [-0.25, -0.2) is 13.1 Å². The van der Waals surface area contributed by atoms with Crippen molar-refractivity contribution in [3.8, 4) is 5.75 Å². The number of sulfonamides is 1. The first kappa shape index (κ1) is 16.0. The van der Waals surface area contributed by atoms with Gasteiger partial charge in [0.1, 0.15) is 5.75 Å². The molecule has 19 heavy (non-hydrogen) atoms. The van der Waals surface area contributed by atoms with Gasteiger partial charge in [-0.2, -0.15) is 0 Å². The fraction of sp³-hybridized carbons (Fsp3) is 0.571. The average molecular weight is 285 g/mol. The van der Waals surface area contributed by atoms with Gasteiger partial charge in [0, 0.05) is 6.04 Å². The van der Waals surface area contributed by atoms with Crippen LogP contribution in [0.2, 0.25) is 0 Å². The Morgan fingerprint density at radius 1 is 1.21 bits per heavy atom. The summed E-state index contributed by atoms with van der Waals surface area (Å²) in [6.45, 7) is 4.03. The second-order valence-electron chi connectivity index (χ2n) is 4.69. The highest BCUT2D eigenvalue weighted by Gasteiger charge is 2.16. The van der Waals surface area contributed by atoms with Crippen LogP contribution in [0.1, 0.15) is 39.5 Å². The lowest BCUT2D eigenvalue weighted by Crippen LogP contribution is -2.32. The number of hydrogen-bond donors (Lipinski definition) is 1. The summed E-state index contributed by atoms with van der Waals surface area (Å²) in [7, 11) is -1.87. The van der Waals surface area contributed by atoms with Gasteiger partial charge in [-0.05, 0) is 37.6 Å². The Bertz CT molecular complexity index is 468. The molecular weight excluding hydrogens is 262 g/mol. The van der Waals surface area contributed by atoms with E-state index in [9.17, 15) is 8.42 Å². The smallest absolute Gasteiger partial charge is 0.240 e. The third-order valence-electron chi connectivity index (χ3n) is 2.97. The standard InChI is InChI=1S/C14H23NO3S/c1-4-5-6-7-12(2)15-19(16,17)14-10-8-13(18-3)9-11-14/h8-12,15H,4-7H2,1-3H3. The number of hydrogen-bond acceptors (Lipinski definition) is 3. The predicted octanol–water partition coefficient (Wildman–Crippen LogP) is 2.94. The van der Waals surface area contributed by atoms with Gasteiger partial charge in [-0.15, -0.1) is 0 Å². The Labute approximate surface area is 116 Å². The van der Waals surface area contributed by atoms with Gasteiger partial charge >= 0.3 is 0 Å². The maximum absolute atomic E-state index is 12.1. The minimum absolute atomic E-state index is 0.0429. The van der Waals surface area contributed by atoms with E-state index >= 15 is 0 Å². The van der Waals surface area contributed by atoms with Crippen molar-refractivity contribution in [2.45, 2.75) is 50.5 Å². The molecular formula is C14H23NO3S. The number of methoxy groups -OCH3 is 1. The fourth-order valence-corrected chi connectivity index (χ4v) is 3.13. The number of ether oxygens (including phenoxy) is 1. The van der Waals surface area contributed by atoms with Crippen LogP contribution in [0.5, 0.6) is 5.75 Å². The topological polar surface area (TPSA) is 55.4 Å². The molecule has 1 aromatic rings. The molecule has 0 saturated carbocycles. The molecule has 4 nitrogen and oxygen atoms in total. The predicted molar refractivity (Wildman–Crippen MR) is 76.9 cm³/mol. The minimum Gasteiger partial charge on any atom is -0.497 e. The zero-order chi connectivity index (χ0) is 14.3. The lowest BCUT2D eigenvalue weighted by molar-refractivity contribution is 0.414. The van der Waals surface area contributed by atoms with E-state index < -0.39 is 10.0 Å². The normalized spacial score (nSPS) is 13.2. The Hall–Kier alpha value is -1.07. The van der Waals surface area contributed by atoms with E-state index in [1.807, 2.05) is 6.92 Å². The van der Waals surface area contributed by atoms with Gasteiger partial charge < -0.3 is 4.74 Å². The molecule has 0 amide bonds. The second kappa shape index (κ2) is 7.50. The molecule has 0 aliphatic rings. The third kappa shape index (κ3) is 5.20. The molecule has 0 radical (unpaired) electrons. The van der Waals surface area contributed by atoms with Crippen LogP contribution < -0.4 is 9.46 Å². The summed E-state index contributed by atoms with van der Waals surface area (Å²) < 4.78 is 32.0. The molecule has 0 fully saturated rings. The van der Waals surface area contributed by atoms with Gasteiger partial charge in [0.2, 0.25) is 10.0 Å². The molecule has 0 aliphatic heterocycles. The summed E-state index contributed by atoms with van der Waals surface area (Å²) in [6.07, 6.45) is 4.18.